The Bertz CT molecular complexity index is 657. The van der Waals surface area contributed by atoms with Gasteiger partial charge in [0.15, 0.2) is 5.96 Å². The van der Waals surface area contributed by atoms with Crippen molar-refractivity contribution in [1.82, 2.24) is 10.6 Å². The second-order valence-corrected chi connectivity index (χ2v) is 6.19. The number of guanidine groups is 1. The third kappa shape index (κ3) is 6.76. The number of hydrogen-bond acceptors (Lipinski definition) is 3. The number of aliphatic hydroxyl groups is 1. The highest BCUT2D eigenvalue weighted by molar-refractivity contribution is 5.79. The Morgan fingerprint density at radius 3 is 2.46 bits per heavy atom. The summed E-state index contributed by atoms with van der Waals surface area (Å²) in [6.45, 7) is 4.20. The summed E-state index contributed by atoms with van der Waals surface area (Å²) in [5.74, 6) is 1.67. The van der Waals surface area contributed by atoms with Gasteiger partial charge in [0.25, 0.3) is 0 Å². The molecule has 0 fully saturated rings. The van der Waals surface area contributed by atoms with Crippen molar-refractivity contribution in [2.24, 2.45) is 4.99 Å². The van der Waals surface area contributed by atoms with Crippen LogP contribution in [0.1, 0.15) is 23.5 Å². The quantitative estimate of drug-likeness (QED) is 0.368. The predicted octanol–water partition coefficient (Wildman–Crippen LogP) is 2.71. The summed E-state index contributed by atoms with van der Waals surface area (Å²) in [6, 6.07) is 18.1. The molecule has 5 nitrogen and oxygen atoms in total. The molecule has 2 aromatic carbocycles. The fourth-order valence-corrected chi connectivity index (χ4v) is 2.56. The molecule has 1 unspecified atom stereocenters. The maximum absolute atomic E-state index is 9.62. The van der Waals surface area contributed by atoms with Crippen molar-refractivity contribution in [2.45, 2.75) is 19.3 Å². The highest BCUT2D eigenvalue weighted by Gasteiger charge is 2.10. The molecule has 5 heteroatoms. The topological polar surface area (TPSA) is 65.9 Å². The molecule has 0 bridgehead atoms. The van der Waals surface area contributed by atoms with Crippen LogP contribution in [0.4, 0.5) is 0 Å². The number of aryl methyl sites for hydroxylation is 1. The fraction of sp³-hybridized carbons (Fsp3) is 0.381. The monoisotopic (exact) mass is 355 g/mol. The first kappa shape index (κ1) is 19.8. The lowest BCUT2D eigenvalue weighted by Crippen LogP contribution is -2.40. The molecule has 0 aliphatic heterocycles. The molecule has 0 amide bonds. The van der Waals surface area contributed by atoms with Gasteiger partial charge in [-0.3, -0.25) is 4.99 Å². The minimum atomic E-state index is 0.0413. The highest BCUT2D eigenvalue weighted by Crippen LogP contribution is 2.13. The molecule has 140 valence electrons. The Kier molecular flexibility index (Phi) is 8.49. The maximum atomic E-state index is 9.62. The summed E-state index contributed by atoms with van der Waals surface area (Å²) >= 11 is 0. The smallest absolute Gasteiger partial charge is 0.191 e. The summed E-state index contributed by atoms with van der Waals surface area (Å²) < 4.78 is 5.72. The molecule has 1 atom stereocenters. The summed E-state index contributed by atoms with van der Waals surface area (Å²) in [5, 5.41) is 16.2. The molecule has 26 heavy (non-hydrogen) atoms. The van der Waals surface area contributed by atoms with E-state index in [0.717, 1.165) is 30.2 Å². The number of hydrogen-bond donors (Lipinski definition) is 3. The summed E-state index contributed by atoms with van der Waals surface area (Å²) in [5.41, 5.74) is 2.34. The molecule has 2 aromatic rings. The van der Waals surface area contributed by atoms with E-state index < -0.39 is 0 Å². The van der Waals surface area contributed by atoms with E-state index in [1.54, 1.807) is 7.05 Å². The van der Waals surface area contributed by atoms with E-state index in [2.05, 4.69) is 22.5 Å². The molecule has 0 saturated heterocycles. The molecule has 0 aromatic heterocycles. The number of nitrogens with one attached hydrogen (secondary N) is 2. The van der Waals surface area contributed by atoms with E-state index >= 15 is 0 Å². The molecule has 0 aliphatic rings. The van der Waals surface area contributed by atoms with Gasteiger partial charge in [0.1, 0.15) is 5.75 Å². The molecule has 0 heterocycles. The first-order valence-electron chi connectivity index (χ1n) is 9.02. The van der Waals surface area contributed by atoms with Crippen LogP contribution in [0.3, 0.4) is 0 Å². The highest BCUT2D eigenvalue weighted by atomic mass is 16.5. The van der Waals surface area contributed by atoms with Gasteiger partial charge in [-0.25, -0.2) is 0 Å². The number of nitrogens with zero attached hydrogens (tertiary/aromatic N) is 1. The van der Waals surface area contributed by atoms with E-state index in [1.807, 2.05) is 54.6 Å². The van der Waals surface area contributed by atoms with Crippen molar-refractivity contribution < 1.29 is 9.84 Å². The van der Waals surface area contributed by atoms with Gasteiger partial charge in [0, 0.05) is 26.1 Å². The molecular weight excluding hydrogens is 326 g/mol. The van der Waals surface area contributed by atoms with Crippen LogP contribution in [-0.4, -0.2) is 44.4 Å². The number of rotatable bonds is 9. The van der Waals surface area contributed by atoms with Gasteiger partial charge in [-0.2, -0.15) is 0 Å². The van der Waals surface area contributed by atoms with Gasteiger partial charge in [-0.1, -0.05) is 48.0 Å². The van der Waals surface area contributed by atoms with Crippen LogP contribution < -0.4 is 15.4 Å². The van der Waals surface area contributed by atoms with Crippen LogP contribution in [0.5, 0.6) is 5.75 Å². The molecule has 0 radical (unpaired) electrons. The first-order chi connectivity index (χ1) is 12.7. The van der Waals surface area contributed by atoms with Crippen LogP contribution in [0.25, 0.3) is 0 Å². The maximum Gasteiger partial charge on any atom is 0.191 e. The standard InChI is InChI=1S/C21H29N3O2/c1-17-9-11-20(12-10-17)26-14-6-13-23-21(22-2)24-15-19(16-25)18-7-4-3-5-8-18/h3-5,7-12,19,25H,6,13-16H2,1-2H3,(H2,22,23,24). The molecule has 0 aliphatic carbocycles. The third-order valence-electron chi connectivity index (χ3n) is 4.13. The number of ether oxygens (including phenoxy) is 1. The zero-order valence-corrected chi connectivity index (χ0v) is 15.6. The normalized spacial score (nSPS) is 12.5. The van der Waals surface area contributed by atoms with Crippen LogP contribution in [0, 0.1) is 6.92 Å². The zero-order valence-electron chi connectivity index (χ0n) is 15.6. The second kappa shape index (κ2) is 11.2. The minimum Gasteiger partial charge on any atom is -0.494 e. The van der Waals surface area contributed by atoms with Crippen molar-refractivity contribution in [3.63, 3.8) is 0 Å². The Morgan fingerprint density at radius 1 is 1.08 bits per heavy atom. The van der Waals surface area contributed by atoms with Crippen molar-refractivity contribution in [3.8, 4) is 5.75 Å². The Morgan fingerprint density at radius 2 is 1.81 bits per heavy atom. The van der Waals surface area contributed by atoms with Gasteiger partial charge < -0.3 is 20.5 Å². The number of aliphatic hydroxyl groups excluding tert-OH is 1. The summed E-state index contributed by atoms with van der Waals surface area (Å²) in [6.07, 6.45) is 0.872. The Balaban J connectivity index is 1.66. The van der Waals surface area contributed by atoms with Crippen molar-refractivity contribution in [2.75, 3.05) is 33.4 Å². The van der Waals surface area contributed by atoms with Crippen LogP contribution in [0.15, 0.2) is 59.6 Å². The van der Waals surface area contributed by atoms with Gasteiger partial charge in [-0.05, 0) is 31.0 Å². The molecule has 3 N–H and O–H groups in total. The first-order valence-corrected chi connectivity index (χ1v) is 9.02. The lowest BCUT2D eigenvalue weighted by Gasteiger charge is -2.18. The average Bonchev–Trinajstić information content (AvgIpc) is 2.68. The molecule has 2 rings (SSSR count). The SMILES string of the molecule is CN=C(NCCCOc1ccc(C)cc1)NCC(CO)c1ccccc1. The minimum absolute atomic E-state index is 0.0413. The van der Waals surface area contributed by atoms with Crippen LogP contribution in [-0.2, 0) is 0 Å². The van der Waals surface area contributed by atoms with Gasteiger partial charge in [0.2, 0.25) is 0 Å². The largest absolute Gasteiger partial charge is 0.494 e. The zero-order chi connectivity index (χ0) is 18.6. The molecule has 0 spiro atoms. The third-order valence-corrected chi connectivity index (χ3v) is 4.13. The van der Waals surface area contributed by atoms with Gasteiger partial charge in [-0.15, -0.1) is 0 Å². The Labute approximate surface area is 156 Å². The average molecular weight is 355 g/mol. The fourth-order valence-electron chi connectivity index (χ4n) is 2.56. The van der Waals surface area contributed by atoms with Crippen molar-refractivity contribution >= 4 is 5.96 Å². The molecular formula is C21H29N3O2. The van der Waals surface area contributed by atoms with E-state index in [9.17, 15) is 5.11 Å². The number of aliphatic imine (C=N–C) groups is 1. The lowest BCUT2D eigenvalue weighted by atomic mass is 10.0. The van der Waals surface area contributed by atoms with E-state index in [0.29, 0.717) is 13.2 Å². The van der Waals surface area contributed by atoms with Crippen LogP contribution >= 0.6 is 0 Å². The molecule has 0 saturated carbocycles. The van der Waals surface area contributed by atoms with Crippen molar-refractivity contribution in [3.05, 3.63) is 65.7 Å². The van der Waals surface area contributed by atoms with Crippen molar-refractivity contribution in [1.29, 1.82) is 0 Å². The van der Waals surface area contributed by atoms with E-state index in [-0.39, 0.29) is 12.5 Å². The van der Waals surface area contributed by atoms with E-state index in [1.165, 1.54) is 5.56 Å². The lowest BCUT2D eigenvalue weighted by molar-refractivity contribution is 0.265. The second-order valence-electron chi connectivity index (χ2n) is 6.19. The van der Waals surface area contributed by atoms with Gasteiger partial charge >= 0.3 is 0 Å². The number of benzene rings is 2. The summed E-state index contributed by atoms with van der Waals surface area (Å²) in [7, 11) is 1.74. The Hall–Kier alpha value is -2.53. The van der Waals surface area contributed by atoms with E-state index in [4.69, 9.17) is 4.74 Å². The van der Waals surface area contributed by atoms with Crippen LogP contribution in [0.2, 0.25) is 0 Å². The summed E-state index contributed by atoms with van der Waals surface area (Å²) in [4.78, 5) is 4.23. The predicted molar refractivity (Wildman–Crippen MR) is 107 cm³/mol. The van der Waals surface area contributed by atoms with Gasteiger partial charge in [0.05, 0.1) is 13.2 Å².